The Morgan fingerprint density at radius 3 is 2.85 bits per heavy atom. The summed E-state index contributed by atoms with van der Waals surface area (Å²) < 4.78 is 6.19. The molecule has 0 amide bonds. The molecule has 0 aliphatic carbocycles. The van der Waals surface area contributed by atoms with Crippen LogP contribution in [0, 0.1) is 5.92 Å². The molecule has 3 N–H and O–H groups in total. The average Bonchev–Trinajstić information content (AvgIpc) is 2.48. The van der Waals surface area contributed by atoms with Crippen molar-refractivity contribution in [3.05, 3.63) is 0 Å². The van der Waals surface area contributed by atoms with Gasteiger partial charge in [0.05, 0.1) is 5.60 Å². The van der Waals surface area contributed by atoms with Crippen LogP contribution in [0.2, 0.25) is 0 Å². The molecular weight excluding hydrogens is 288 g/mol. The Morgan fingerprint density at radius 2 is 2.20 bits per heavy atom. The van der Waals surface area contributed by atoms with Gasteiger partial charge in [0.2, 0.25) is 0 Å². The molecule has 2 aliphatic heterocycles. The predicted octanol–water partition coefficient (Wildman–Crippen LogP) is 3.04. The second-order valence-corrected chi connectivity index (χ2v) is 8.92. The van der Waals surface area contributed by atoms with Crippen molar-refractivity contribution in [3.8, 4) is 0 Å². The third-order valence-electron chi connectivity index (χ3n) is 4.85. The van der Waals surface area contributed by atoms with Crippen molar-refractivity contribution in [3.63, 3.8) is 0 Å². The highest BCUT2D eigenvalue weighted by molar-refractivity contribution is 8.00. The smallest absolute Gasteiger partial charge is 0.0701 e. The van der Waals surface area contributed by atoms with E-state index in [1.807, 2.05) is 0 Å². The highest BCUT2D eigenvalue weighted by Crippen LogP contribution is 2.41. The minimum atomic E-state index is 0.171. The minimum absolute atomic E-state index is 0.171. The van der Waals surface area contributed by atoms with Crippen molar-refractivity contribution in [2.45, 2.75) is 62.8 Å². The van der Waals surface area contributed by atoms with Crippen molar-refractivity contribution >= 4 is 23.5 Å². The van der Waals surface area contributed by atoms with Gasteiger partial charge in [-0.25, -0.2) is 0 Å². The van der Waals surface area contributed by atoms with Gasteiger partial charge in [-0.05, 0) is 49.5 Å². The molecule has 5 heteroatoms. The maximum Gasteiger partial charge on any atom is 0.0701 e. The topological polar surface area (TPSA) is 47.3 Å². The zero-order chi connectivity index (χ0) is 14.4. The van der Waals surface area contributed by atoms with E-state index >= 15 is 0 Å². The Kier molecular flexibility index (Phi) is 7.01. The van der Waals surface area contributed by atoms with Crippen LogP contribution in [0.4, 0.5) is 0 Å². The minimum Gasteiger partial charge on any atom is -0.375 e. The summed E-state index contributed by atoms with van der Waals surface area (Å²) in [6.07, 6.45) is 6.04. The summed E-state index contributed by atoms with van der Waals surface area (Å²) in [5, 5.41) is 0.728. The van der Waals surface area contributed by atoms with Gasteiger partial charge in [-0.2, -0.15) is 23.5 Å². The molecule has 0 aromatic rings. The number of nitrogens with one attached hydrogen (secondary N) is 1. The molecule has 0 aromatic heterocycles. The quantitative estimate of drug-likeness (QED) is 0.582. The SMILES string of the molecule is CCC(C)SCC(NN)C1CCOC2(CCSCC2)C1. The number of ether oxygens (including phenoxy) is 1. The lowest BCUT2D eigenvalue weighted by atomic mass is 9.79. The van der Waals surface area contributed by atoms with Gasteiger partial charge >= 0.3 is 0 Å². The van der Waals surface area contributed by atoms with Crippen LogP contribution in [-0.4, -0.2) is 40.8 Å². The molecule has 2 aliphatic rings. The molecule has 2 fully saturated rings. The standard InChI is InChI=1S/C15H30N2OS2/c1-3-12(2)20-11-14(17-16)13-4-7-18-15(10-13)5-8-19-9-6-15/h12-14,17H,3-11,16H2,1-2H3. The number of nitrogens with two attached hydrogens (primary N) is 1. The second-order valence-electron chi connectivity index (χ2n) is 6.22. The lowest BCUT2D eigenvalue weighted by Gasteiger charge is -2.45. The van der Waals surface area contributed by atoms with Gasteiger partial charge in [0.25, 0.3) is 0 Å². The van der Waals surface area contributed by atoms with Crippen LogP contribution in [0.15, 0.2) is 0 Å². The van der Waals surface area contributed by atoms with Crippen LogP contribution >= 0.6 is 23.5 Å². The summed E-state index contributed by atoms with van der Waals surface area (Å²) in [6, 6.07) is 0.435. The van der Waals surface area contributed by atoms with Crippen LogP contribution in [-0.2, 0) is 4.74 Å². The van der Waals surface area contributed by atoms with E-state index in [0.717, 1.165) is 24.0 Å². The third-order valence-corrected chi connectivity index (χ3v) is 7.29. The Labute approximate surface area is 132 Å². The first-order valence-corrected chi connectivity index (χ1v) is 10.2. The van der Waals surface area contributed by atoms with Crippen LogP contribution in [0.25, 0.3) is 0 Å². The van der Waals surface area contributed by atoms with Crippen LogP contribution in [0.5, 0.6) is 0 Å². The number of hydrogen-bond donors (Lipinski definition) is 2. The fourth-order valence-electron chi connectivity index (χ4n) is 3.21. The molecule has 118 valence electrons. The van der Waals surface area contributed by atoms with Crippen LogP contribution in [0.3, 0.4) is 0 Å². The van der Waals surface area contributed by atoms with E-state index in [1.54, 1.807) is 0 Å². The molecule has 1 spiro atoms. The first kappa shape index (κ1) is 16.9. The Balaban J connectivity index is 1.88. The molecular formula is C15H30N2OS2. The lowest BCUT2D eigenvalue weighted by molar-refractivity contribution is -0.106. The van der Waals surface area contributed by atoms with E-state index in [2.05, 4.69) is 42.8 Å². The zero-order valence-electron chi connectivity index (χ0n) is 12.9. The fraction of sp³-hybridized carbons (Fsp3) is 1.00. The normalized spacial score (nSPS) is 29.2. The maximum absolute atomic E-state index is 6.19. The van der Waals surface area contributed by atoms with Gasteiger partial charge in [0.1, 0.15) is 0 Å². The Morgan fingerprint density at radius 1 is 1.45 bits per heavy atom. The van der Waals surface area contributed by atoms with Crippen molar-refractivity contribution in [2.75, 3.05) is 23.9 Å². The van der Waals surface area contributed by atoms with Gasteiger partial charge < -0.3 is 4.74 Å². The summed E-state index contributed by atoms with van der Waals surface area (Å²) >= 11 is 4.12. The molecule has 20 heavy (non-hydrogen) atoms. The van der Waals surface area contributed by atoms with Crippen LogP contribution < -0.4 is 11.3 Å². The highest BCUT2D eigenvalue weighted by Gasteiger charge is 2.40. The van der Waals surface area contributed by atoms with Crippen molar-refractivity contribution in [2.24, 2.45) is 11.8 Å². The number of thioether (sulfide) groups is 2. The summed E-state index contributed by atoms with van der Waals surface area (Å²) in [6.45, 7) is 5.48. The van der Waals surface area contributed by atoms with E-state index in [9.17, 15) is 0 Å². The summed E-state index contributed by atoms with van der Waals surface area (Å²) in [4.78, 5) is 0. The van der Waals surface area contributed by atoms with E-state index in [-0.39, 0.29) is 5.60 Å². The number of hydrogen-bond acceptors (Lipinski definition) is 5. The van der Waals surface area contributed by atoms with Crippen molar-refractivity contribution in [1.82, 2.24) is 5.43 Å². The maximum atomic E-state index is 6.19. The fourth-order valence-corrected chi connectivity index (χ4v) is 5.58. The Hall–Kier alpha value is 0.580. The number of hydrazine groups is 1. The molecule has 3 atom stereocenters. The first-order valence-electron chi connectivity index (χ1n) is 7.98. The average molecular weight is 319 g/mol. The summed E-state index contributed by atoms with van der Waals surface area (Å²) in [5.41, 5.74) is 3.26. The predicted molar refractivity (Wildman–Crippen MR) is 91.3 cm³/mol. The molecule has 0 saturated carbocycles. The van der Waals surface area contributed by atoms with E-state index < -0.39 is 0 Å². The van der Waals surface area contributed by atoms with Gasteiger partial charge in [0, 0.05) is 23.7 Å². The lowest BCUT2D eigenvalue weighted by Crippen LogP contribution is -2.51. The third kappa shape index (κ3) is 4.54. The Bertz CT molecular complexity index is 280. The molecule has 2 heterocycles. The number of rotatable bonds is 6. The largest absolute Gasteiger partial charge is 0.375 e. The van der Waals surface area contributed by atoms with Gasteiger partial charge in [-0.15, -0.1) is 0 Å². The van der Waals surface area contributed by atoms with Crippen LogP contribution in [0.1, 0.15) is 46.0 Å². The van der Waals surface area contributed by atoms with Gasteiger partial charge in [-0.1, -0.05) is 13.8 Å². The van der Waals surface area contributed by atoms with Gasteiger partial charge in [0.15, 0.2) is 0 Å². The molecule has 0 bridgehead atoms. The van der Waals surface area contributed by atoms with Crippen molar-refractivity contribution in [1.29, 1.82) is 0 Å². The highest BCUT2D eigenvalue weighted by atomic mass is 32.2. The molecule has 3 nitrogen and oxygen atoms in total. The monoisotopic (exact) mass is 318 g/mol. The van der Waals surface area contributed by atoms with E-state index in [4.69, 9.17) is 10.6 Å². The first-order chi connectivity index (χ1) is 9.69. The summed E-state index contributed by atoms with van der Waals surface area (Å²) in [5.74, 6) is 10.2. The molecule has 0 radical (unpaired) electrons. The van der Waals surface area contributed by atoms with E-state index in [1.165, 1.54) is 37.2 Å². The van der Waals surface area contributed by atoms with Gasteiger partial charge in [-0.3, -0.25) is 11.3 Å². The summed E-state index contributed by atoms with van der Waals surface area (Å²) in [7, 11) is 0. The second kappa shape index (κ2) is 8.28. The molecule has 2 rings (SSSR count). The molecule has 0 aromatic carbocycles. The molecule has 3 unspecified atom stereocenters. The molecule has 2 saturated heterocycles. The van der Waals surface area contributed by atoms with Crippen molar-refractivity contribution < 1.29 is 4.74 Å². The zero-order valence-corrected chi connectivity index (χ0v) is 14.5. The van der Waals surface area contributed by atoms with E-state index in [0.29, 0.717) is 12.0 Å².